The van der Waals surface area contributed by atoms with Gasteiger partial charge in [0.2, 0.25) is 0 Å². The third-order valence-corrected chi connectivity index (χ3v) is 5.02. The second-order valence-corrected chi connectivity index (χ2v) is 6.80. The molecule has 1 heterocycles. The third-order valence-electron chi connectivity index (χ3n) is 5.02. The summed E-state index contributed by atoms with van der Waals surface area (Å²) in [5.41, 5.74) is 4.23. The van der Waals surface area contributed by atoms with E-state index >= 15 is 0 Å². The molecule has 1 fully saturated rings. The van der Waals surface area contributed by atoms with Gasteiger partial charge in [0.1, 0.15) is 0 Å². The summed E-state index contributed by atoms with van der Waals surface area (Å²) in [4.78, 5) is 2.70. The Kier molecular flexibility index (Phi) is 5.83. The molecular weight excluding hydrogens is 256 g/mol. The van der Waals surface area contributed by atoms with Crippen molar-refractivity contribution in [1.29, 1.82) is 0 Å². The molecule has 1 aromatic carbocycles. The zero-order valence-corrected chi connectivity index (χ0v) is 14.4. The maximum Gasteiger partial charge on any atom is 0.0452 e. The predicted octanol–water partition coefficient (Wildman–Crippen LogP) is 4.22. The molecular formula is C19H32N2. The van der Waals surface area contributed by atoms with Gasteiger partial charge >= 0.3 is 0 Å². The molecule has 0 saturated carbocycles. The lowest BCUT2D eigenvalue weighted by Crippen LogP contribution is -2.47. The van der Waals surface area contributed by atoms with Gasteiger partial charge in [-0.3, -0.25) is 4.90 Å². The molecule has 1 aromatic rings. The van der Waals surface area contributed by atoms with Crippen LogP contribution in [-0.2, 0) is 0 Å². The Morgan fingerprint density at radius 2 is 1.86 bits per heavy atom. The lowest BCUT2D eigenvalue weighted by atomic mass is 9.94. The van der Waals surface area contributed by atoms with Crippen molar-refractivity contribution in [2.75, 3.05) is 13.1 Å². The molecule has 1 saturated heterocycles. The molecule has 1 N–H and O–H groups in total. The average Bonchev–Trinajstić information content (AvgIpc) is 2.42. The van der Waals surface area contributed by atoms with E-state index in [0.717, 1.165) is 13.1 Å². The van der Waals surface area contributed by atoms with Crippen LogP contribution in [0.15, 0.2) is 18.2 Å². The van der Waals surface area contributed by atoms with Crippen molar-refractivity contribution < 1.29 is 0 Å². The van der Waals surface area contributed by atoms with Gasteiger partial charge in [0.15, 0.2) is 0 Å². The Balaban J connectivity index is 2.18. The fourth-order valence-electron chi connectivity index (χ4n) is 3.78. The van der Waals surface area contributed by atoms with Crippen LogP contribution in [0.3, 0.4) is 0 Å². The first-order valence-corrected chi connectivity index (χ1v) is 8.59. The molecule has 0 aliphatic carbocycles. The highest BCUT2D eigenvalue weighted by atomic mass is 15.2. The normalized spacial score (nSPS) is 25.0. The Labute approximate surface area is 130 Å². The van der Waals surface area contributed by atoms with Gasteiger partial charge in [0.05, 0.1) is 0 Å². The Morgan fingerprint density at radius 1 is 1.19 bits per heavy atom. The number of piperidine rings is 1. The maximum absolute atomic E-state index is 3.71. The van der Waals surface area contributed by atoms with Crippen molar-refractivity contribution in [3.05, 3.63) is 34.9 Å². The van der Waals surface area contributed by atoms with E-state index < -0.39 is 0 Å². The van der Waals surface area contributed by atoms with Gasteiger partial charge in [-0.1, -0.05) is 37.1 Å². The fraction of sp³-hybridized carbons (Fsp3) is 0.684. The molecule has 1 aliphatic rings. The van der Waals surface area contributed by atoms with Gasteiger partial charge in [0, 0.05) is 24.7 Å². The van der Waals surface area contributed by atoms with Crippen LogP contribution < -0.4 is 5.32 Å². The molecule has 1 unspecified atom stereocenters. The zero-order valence-electron chi connectivity index (χ0n) is 14.4. The van der Waals surface area contributed by atoms with Gasteiger partial charge in [-0.05, 0) is 58.2 Å². The lowest BCUT2D eigenvalue weighted by Gasteiger charge is -2.41. The largest absolute Gasteiger partial charge is 0.309 e. The molecule has 0 aromatic heterocycles. The molecule has 0 radical (unpaired) electrons. The monoisotopic (exact) mass is 288 g/mol. The quantitative estimate of drug-likeness (QED) is 0.873. The summed E-state index contributed by atoms with van der Waals surface area (Å²) >= 11 is 0. The minimum Gasteiger partial charge on any atom is -0.309 e. The topological polar surface area (TPSA) is 15.3 Å². The van der Waals surface area contributed by atoms with Crippen LogP contribution in [0.5, 0.6) is 0 Å². The Morgan fingerprint density at radius 3 is 2.43 bits per heavy atom. The first kappa shape index (κ1) is 16.5. The van der Waals surface area contributed by atoms with E-state index in [0.29, 0.717) is 18.1 Å². The number of likely N-dealkylation sites (N-methyl/N-ethyl adjacent to an activating group) is 1. The summed E-state index contributed by atoms with van der Waals surface area (Å²) in [5, 5.41) is 3.71. The molecule has 0 bridgehead atoms. The van der Waals surface area contributed by atoms with E-state index in [1.165, 1.54) is 36.0 Å². The van der Waals surface area contributed by atoms with Gasteiger partial charge in [-0.15, -0.1) is 0 Å². The second-order valence-electron chi connectivity index (χ2n) is 6.80. The SMILES string of the molecule is CCNC(CN1[C@H](C)CCC[C@@H]1C)c1ccc(C)cc1C. The molecule has 2 nitrogen and oxygen atoms in total. The van der Waals surface area contributed by atoms with Gasteiger partial charge in [0.25, 0.3) is 0 Å². The van der Waals surface area contributed by atoms with Crippen LogP contribution in [0.4, 0.5) is 0 Å². The molecule has 1 aliphatic heterocycles. The number of benzene rings is 1. The summed E-state index contributed by atoms with van der Waals surface area (Å²) in [6.45, 7) is 13.6. The molecule has 118 valence electrons. The van der Waals surface area contributed by atoms with E-state index in [2.05, 4.69) is 63.0 Å². The van der Waals surface area contributed by atoms with Crippen molar-refractivity contribution in [1.82, 2.24) is 10.2 Å². The molecule has 0 spiro atoms. The zero-order chi connectivity index (χ0) is 15.4. The number of nitrogens with zero attached hydrogens (tertiary/aromatic N) is 1. The lowest BCUT2D eigenvalue weighted by molar-refractivity contribution is 0.0910. The fourth-order valence-corrected chi connectivity index (χ4v) is 3.78. The van der Waals surface area contributed by atoms with Crippen LogP contribution in [0.2, 0.25) is 0 Å². The van der Waals surface area contributed by atoms with Crippen LogP contribution in [0.25, 0.3) is 0 Å². The third kappa shape index (κ3) is 4.08. The second kappa shape index (κ2) is 7.42. The van der Waals surface area contributed by atoms with Crippen LogP contribution in [0.1, 0.15) is 62.8 Å². The Hall–Kier alpha value is -0.860. The molecule has 2 heteroatoms. The highest BCUT2D eigenvalue weighted by Gasteiger charge is 2.27. The average molecular weight is 288 g/mol. The van der Waals surface area contributed by atoms with Gasteiger partial charge in [-0.25, -0.2) is 0 Å². The summed E-state index contributed by atoms with van der Waals surface area (Å²) < 4.78 is 0. The van der Waals surface area contributed by atoms with Gasteiger partial charge < -0.3 is 5.32 Å². The molecule has 2 rings (SSSR count). The summed E-state index contributed by atoms with van der Waals surface area (Å²) in [5.74, 6) is 0. The number of rotatable bonds is 5. The molecule has 21 heavy (non-hydrogen) atoms. The predicted molar refractivity (Wildman–Crippen MR) is 91.8 cm³/mol. The summed E-state index contributed by atoms with van der Waals surface area (Å²) in [6, 6.07) is 8.73. The van der Waals surface area contributed by atoms with E-state index in [4.69, 9.17) is 0 Å². The van der Waals surface area contributed by atoms with Crippen LogP contribution in [-0.4, -0.2) is 30.1 Å². The highest BCUT2D eigenvalue weighted by Crippen LogP contribution is 2.27. The van der Waals surface area contributed by atoms with E-state index in [1.807, 2.05) is 0 Å². The van der Waals surface area contributed by atoms with E-state index in [9.17, 15) is 0 Å². The highest BCUT2D eigenvalue weighted by molar-refractivity contribution is 5.33. The smallest absolute Gasteiger partial charge is 0.0452 e. The van der Waals surface area contributed by atoms with Crippen molar-refractivity contribution in [3.8, 4) is 0 Å². The summed E-state index contributed by atoms with van der Waals surface area (Å²) in [6.07, 6.45) is 4.07. The maximum atomic E-state index is 3.71. The number of hydrogen-bond acceptors (Lipinski definition) is 2. The minimum atomic E-state index is 0.443. The van der Waals surface area contributed by atoms with Crippen LogP contribution >= 0.6 is 0 Å². The first-order valence-electron chi connectivity index (χ1n) is 8.59. The first-order chi connectivity index (χ1) is 10.0. The Bertz CT molecular complexity index is 445. The number of hydrogen-bond donors (Lipinski definition) is 1. The van der Waals surface area contributed by atoms with Crippen molar-refractivity contribution in [2.45, 2.75) is 72.0 Å². The van der Waals surface area contributed by atoms with Crippen molar-refractivity contribution in [2.24, 2.45) is 0 Å². The van der Waals surface area contributed by atoms with E-state index in [-0.39, 0.29) is 0 Å². The summed E-state index contributed by atoms with van der Waals surface area (Å²) in [7, 11) is 0. The minimum absolute atomic E-state index is 0.443. The number of aryl methyl sites for hydroxylation is 2. The van der Waals surface area contributed by atoms with E-state index in [1.54, 1.807) is 0 Å². The number of nitrogens with one attached hydrogen (secondary N) is 1. The van der Waals surface area contributed by atoms with Crippen molar-refractivity contribution >= 4 is 0 Å². The van der Waals surface area contributed by atoms with Gasteiger partial charge in [-0.2, -0.15) is 0 Å². The van der Waals surface area contributed by atoms with Crippen LogP contribution in [0, 0.1) is 13.8 Å². The number of likely N-dealkylation sites (tertiary alicyclic amines) is 1. The van der Waals surface area contributed by atoms with Crippen molar-refractivity contribution in [3.63, 3.8) is 0 Å². The molecule has 0 amide bonds. The molecule has 3 atom stereocenters. The standard InChI is InChI=1S/C19H32N2/c1-6-20-19(18-11-10-14(2)12-15(18)3)13-21-16(4)8-7-9-17(21)5/h10-12,16-17,19-20H,6-9,13H2,1-5H3/t16-,17+,19?.